The first-order chi connectivity index (χ1) is 32.0. The molecule has 0 aliphatic heterocycles. The van der Waals surface area contributed by atoms with E-state index in [1.165, 1.54) is 62.6 Å². The zero-order chi connectivity index (χ0) is 48.5. The highest BCUT2D eigenvalue weighted by molar-refractivity contribution is 9.10. The number of amides is 2. The molecule has 8 aromatic rings. The van der Waals surface area contributed by atoms with Gasteiger partial charge in [0.25, 0.3) is 11.8 Å². The monoisotopic (exact) mass is 1000 g/mol. The quantitative estimate of drug-likeness (QED) is 0.0961. The van der Waals surface area contributed by atoms with Crippen molar-refractivity contribution in [2.75, 3.05) is 21.2 Å². The molecule has 6 aromatic carbocycles. The minimum absolute atomic E-state index is 0.150. The van der Waals surface area contributed by atoms with Gasteiger partial charge in [0.05, 0.1) is 64.2 Å². The maximum absolute atomic E-state index is 13.3. The van der Waals surface area contributed by atoms with E-state index in [0.717, 1.165) is 22.2 Å². The summed E-state index contributed by atoms with van der Waals surface area (Å²) in [5, 5.41) is 15.8. The topological polar surface area (TPSA) is 186 Å². The van der Waals surface area contributed by atoms with Gasteiger partial charge in [-0.25, -0.2) is 44.4 Å². The van der Waals surface area contributed by atoms with Gasteiger partial charge in [-0.1, -0.05) is 40.2 Å². The molecule has 2 aromatic heterocycles. The molecule has 0 bridgehead atoms. The molecule has 2 amide bonds. The second-order valence-corrected chi connectivity index (χ2v) is 19.0. The molecule has 0 fully saturated rings. The summed E-state index contributed by atoms with van der Waals surface area (Å²) in [5.41, 5.74) is 6.09. The van der Waals surface area contributed by atoms with Crippen LogP contribution in [-0.4, -0.2) is 69.5 Å². The molecular formula is C46H42BrF3N8O6S2. The van der Waals surface area contributed by atoms with Crippen molar-refractivity contribution in [3.63, 3.8) is 0 Å². The van der Waals surface area contributed by atoms with Gasteiger partial charge in [0, 0.05) is 28.3 Å². The molecule has 4 N–H and O–H groups in total. The van der Waals surface area contributed by atoms with Gasteiger partial charge in [0.1, 0.15) is 11.6 Å². The first-order valence-electron chi connectivity index (χ1n) is 20.3. The molecule has 0 atom stereocenters. The molecular weight excluding hydrogens is 962 g/mol. The predicted octanol–water partition coefficient (Wildman–Crippen LogP) is 7.66. The molecule has 0 aliphatic carbocycles. The molecule has 8 rings (SSSR count). The number of halogens is 4. The zero-order valence-corrected chi connectivity index (χ0v) is 38.6. The molecule has 66 heavy (non-hydrogen) atoms. The first kappa shape index (κ1) is 47.3. The number of nitrogens with zero attached hydrogens (tertiary/aromatic N) is 4. The Hall–Kier alpha value is -6.71. The summed E-state index contributed by atoms with van der Waals surface area (Å²) in [6, 6.07) is 31.7. The number of rotatable bonds is 12. The molecule has 14 nitrogen and oxygen atoms in total. The molecule has 0 unspecified atom stereocenters. The highest BCUT2D eigenvalue weighted by Crippen LogP contribution is 2.28. The Bertz CT molecular complexity index is 3050. The number of aromatic nitrogens is 4. The third-order valence-corrected chi connectivity index (χ3v) is 13.3. The van der Waals surface area contributed by atoms with Gasteiger partial charge >= 0.3 is 0 Å². The van der Waals surface area contributed by atoms with E-state index in [2.05, 4.69) is 46.2 Å². The molecule has 342 valence electrons. The lowest BCUT2D eigenvalue weighted by molar-refractivity contribution is 0.0944. The van der Waals surface area contributed by atoms with E-state index < -0.39 is 27.2 Å². The zero-order valence-electron chi connectivity index (χ0n) is 36.4. The number of carbonyl (C=O) groups is 2. The van der Waals surface area contributed by atoms with Gasteiger partial charge in [-0.15, -0.1) is 0 Å². The minimum atomic E-state index is -3.51. The van der Waals surface area contributed by atoms with Crippen LogP contribution in [0.15, 0.2) is 148 Å². The minimum Gasteiger partial charge on any atom is -0.348 e. The molecule has 20 heteroatoms. The Labute approximate surface area is 388 Å². The number of nitrogens with one attached hydrogen (secondary N) is 4. The highest BCUT2D eigenvalue weighted by Gasteiger charge is 2.18. The summed E-state index contributed by atoms with van der Waals surface area (Å²) in [5.74, 6) is -1.26. The normalized spacial score (nSPS) is 11.5. The van der Waals surface area contributed by atoms with Gasteiger partial charge in [-0.05, 0) is 135 Å². The number of benzene rings is 6. The van der Waals surface area contributed by atoms with Gasteiger partial charge in [-0.3, -0.25) is 14.0 Å². The lowest BCUT2D eigenvalue weighted by Gasteiger charge is -2.10. The van der Waals surface area contributed by atoms with Crippen molar-refractivity contribution in [1.82, 2.24) is 39.6 Å². The second kappa shape index (κ2) is 21.1. The summed E-state index contributed by atoms with van der Waals surface area (Å²) >= 11 is 3.44. The van der Waals surface area contributed by atoms with Crippen LogP contribution in [0.4, 0.5) is 13.2 Å². The predicted molar refractivity (Wildman–Crippen MR) is 249 cm³/mol. The van der Waals surface area contributed by atoms with Crippen molar-refractivity contribution in [3.8, 4) is 11.4 Å². The average molecular weight is 1000 g/mol. The molecule has 0 aliphatic rings. The number of aryl methyl sites for hydroxylation is 1. The third kappa shape index (κ3) is 11.2. The largest absolute Gasteiger partial charge is 0.348 e. The van der Waals surface area contributed by atoms with E-state index in [1.807, 2.05) is 19.1 Å². The summed E-state index contributed by atoms with van der Waals surface area (Å²) in [6.45, 7) is 2.35. The fourth-order valence-corrected chi connectivity index (χ4v) is 8.58. The number of hydrogen-bond acceptors (Lipinski definition) is 8. The average Bonchev–Trinajstić information content (AvgIpc) is 3.95. The number of alkyl halides is 1. The standard InChI is InChI=1S/C23H21FN4O3S.C22H18BrFN4O3S.CH3F/c1-15-11-20(21-14-27-28(22(21)12-15)18-7-5-17(24)6-8-18)23(29)26-13-16-3-9-19(10-4-16)32(30,31)25-2;1-25-32(30,31)18-8-2-14(3-9-18)12-26-22(29)19-10-15(23)11-21-20(19)13-27-28(21)17-6-4-16(24)5-7-17;1-2/h3-12,14,25H,13H2,1-2H3,(H,26,29);2-11,13,25H,12H2,1H3,(H,26,29);1H3/i;;1D. The summed E-state index contributed by atoms with van der Waals surface area (Å²) < 4.78 is 97.9. The smallest absolute Gasteiger partial charge is 0.252 e. The van der Waals surface area contributed by atoms with E-state index in [9.17, 15) is 39.6 Å². The van der Waals surface area contributed by atoms with Gasteiger partial charge in [-0.2, -0.15) is 10.2 Å². The number of carbonyl (C=O) groups excluding carboxylic acids is 2. The fourth-order valence-electron chi connectivity index (χ4n) is 6.67. The van der Waals surface area contributed by atoms with E-state index in [4.69, 9.17) is 1.37 Å². The van der Waals surface area contributed by atoms with Crippen LogP contribution in [0, 0.1) is 18.6 Å². The fraction of sp³-hybridized carbons (Fsp3) is 0.130. The molecule has 2 heterocycles. The molecule has 0 saturated heterocycles. The van der Waals surface area contributed by atoms with Crippen LogP contribution in [0.25, 0.3) is 33.2 Å². The van der Waals surface area contributed by atoms with Crippen LogP contribution < -0.4 is 20.1 Å². The Morgan fingerprint density at radius 1 is 0.621 bits per heavy atom. The van der Waals surface area contributed by atoms with E-state index in [1.54, 1.807) is 82.4 Å². The lowest BCUT2D eigenvalue weighted by atomic mass is 10.1. The first-order valence-corrected chi connectivity index (χ1v) is 23.4. The van der Waals surface area contributed by atoms with Gasteiger partial charge in [0.2, 0.25) is 20.0 Å². The molecule has 0 spiro atoms. The Balaban J connectivity index is 0.000000209. The van der Waals surface area contributed by atoms with E-state index in [0.29, 0.717) is 43.3 Å². The summed E-state index contributed by atoms with van der Waals surface area (Å²) in [6.07, 6.45) is 3.21. The van der Waals surface area contributed by atoms with Crippen LogP contribution in [0.5, 0.6) is 0 Å². The number of fused-ring (bicyclic) bond motifs is 2. The number of hydrogen-bond donors (Lipinski definition) is 4. The van der Waals surface area contributed by atoms with Crippen molar-refractivity contribution in [2.24, 2.45) is 0 Å². The molecule has 0 radical (unpaired) electrons. The summed E-state index contributed by atoms with van der Waals surface area (Å²) in [7, 11) is -5.32. The SMILES string of the molecule is CNS(=O)(=O)c1ccc(CNC(=O)c2cc(Br)cc3c2cnn3-c2ccc(F)cc2)cc1.CNS(=O)(=O)c1ccc(CNC(=O)c2cc(C)cc3c2cnn3-c2ccc(F)cc2)cc1.[2H]CF. The van der Waals surface area contributed by atoms with E-state index >= 15 is 0 Å². The third-order valence-electron chi connectivity index (χ3n) is 10.0. The van der Waals surface area contributed by atoms with Crippen molar-refractivity contribution < 1.29 is 41.0 Å². The number of sulfonamides is 2. The van der Waals surface area contributed by atoms with Crippen molar-refractivity contribution in [2.45, 2.75) is 29.8 Å². The van der Waals surface area contributed by atoms with Crippen molar-refractivity contribution >= 4 is 69.6 Å². The van der Waals surface area contributed by atoms with Crippen molar-refractivity contribution in [3.05, 3.63) is 178 Å². The van der Waals surface area contributed by atoms with Crippen LogP contribution >= 0.6 is 15.9 Å². The lowest BCUT2D eigenvalue weighted by Crippen LogP contribution is -2.23. The maximum Gasteiger partial charge on any atom is 0.252 e. The van der Waals surface area contributed by atoms with Crippen LogP contribution in [0.3, 0.4) is 0 Å². The Morgan fingerprint density at radius 3 is 1.39 bits per heavy atom. The van der Waals surface area contributed by atoms with Crippen LogP contribution in [0.2, 0.25) is 0 Å². The van der Waals surface area contributed by atoms with E-state index in [-0.39, 0.29) is 46.3 Å². The second-order valence-electron chi connectivity index (χ2n) is 14.3. The summed E-state index contributed by atoms with van der Waals surface area (Å²) in [4.78, 5) is 26.2. The highest BCUT2D eigenvalue weighted by atomic mass is 79.9. The Morgan fingerprint density at radius 2 is 1.00 bits per heavy atom. The van der Waals surface area contributed by atoms with Crippen LogP contribution in [-0.2, 0) is 33.1 Å². The van der Waals surface area contributed by atoms with Crippen molar-refractivity contribution in [1.29, 1.82) is 0 Å². The van der Waals surface area contributed by atoms with Gasteiger partial charge < -0.3 is 10.6 Å². The Kier molecular flexibility index (Phi) is 15.1. The van der Waals surface area contributed by atoms with Gasteiger partial charge in [0.15, 0.2) is 0 Å². The molecule has 0 saturated carbocycles. The maximum atomic E-state index is 13.3. The van der Waals surface area contributed by atoms with Crippen LogP contribution in [0.1, 0.15) is 38.8 Å².